The summed E-state index contributed by atoms with van der Waals surface area (Å²) >= 11 is 0. The van der Waals surface area contributed by atoms with Crippen LogP contribution in [0.4, 0.5) is 0 Å². The van der Waals surface area contributed by atoms with Crippen LogP contribution in [0.2, 0.25) is 0 Å². The molecule has 112 valence electrons. The molecule has 2 aromatic carbocycles. The number of nitrogens with one attached hydrogen (secondary N) is 1. The Morgan fingerprint density at radius 2 is 1.43 bits per heavy atom. The van der Waals surface area contributed by atoms with E-state index in [0.29, 0.717) is 11.8 Å². The molecule has 1 heteroatoms. The first-order valence-corrected chi connectivity index (χ1v) is 7.90. The summed E-state index contributed by atoms with van der Waals surface area (Å²) in [7, 11) is 2.03. The molecule has 0 aliphatic carbocycles. The molecule has 2 rings (SSSR count). The molecular formula is C20H27N. The second-order valence-electron chi connectivity index (χ2n) is 6.27. The fourth-order valence-corrected chi connectivity index (χ4v) is 2.72. The van der Waals surface area contributed by atoms with Crippen molar-refractivity contribution in [3.8, 4) is 0 Å². The summed E-state index contributed by atoms with van der Waals surface area (Å²) in [5.41, 5.74) is 5.57. The Labute approximate surface area is 129 Å². The lowest BCUT2D eigenvalue weighted by Crippen LogP contribution is -2.19. The number of hydrogen-bond acceptors (Lipinski definition) is 1. The molecular weight excluding hydrogens is 254 g/mol. The number of hydrogen-bond donors (Lipinski definition) is 1. The van der Waals surface area contributed by atoms with Crippen LogP contribution in [0.3, 0.4) is 0 Å². The molecule has 0 aliphatic rings. The fraction of sp³-hybridized carbons (Fsp3) is 0.400. The summed E-state index contributed by atoms with van der Waals surface area (Å²) in [5.74, 6) is 1.13. The zero-order chi connectivity index (χ0) is 15.2. The normalized spacial score (nSPS) is 12.6. The van der Waals surface area contributed by atoms with Gasteiger partial charge in [0.15, 0.2) is 0 Å². The Morgan fingerprint density at radius 3 is 1.95 bits per heavy atom. The van der Waals surface area contributed by atoms with E-state index in [1.165, 1.54) is 22.3 Å². The standard InChI is InChI=1S/C20H27N/c1-15(2)18-11-7-17(8-12-18)13-20(14-21-4)19-9-5-16(3)6-10-19/h5-12,15,20-21H,13-14H2,1-4H3. The van der Waals surface area contributed by atoms with Gasteiger partial charge in [0, 0.05) is 12.5 Å². The maximum atomic E-state index is 3.33. The van der Waals surface area contributed by atoms with Crippen molar-refractivity contribution in [2.24, 2.45) is 0 Å². The van der Waals surface area contributed by atoms with E-state index in [-0.39, 0.29) is 0 Å². The Kier molecular flexibility index (Phi) is 5.58. The second-order valence-corrected chi connectivity index (χ2v) is 6.27. The van der Waals surface area contributed by atoms with Crippen LogP contribution >= 0.6 is 0 Å². The molecule has 1 N–H and O–H groups in total. The van der Waals surface area contributed by atoms with Gasteiger partial charge in [-0.1, -0.05) is 67.9 Å². The minimum absolute atomic E-state index is 0.528. The van der Waals surface area contributed by atoms with Crippen molar-refractivity contribution in [2.75, 3.05) is 13.6 Å². The van der Waals surface area contributed by atoms with Gasteiger partial charge in [-0.15, -0.1) is 0 Å². The lowest BCUT2D eigenvalue weighted by Gasteiger charge is -2.18. The number of aryl methyl sites for hydroxylation is 1. The van der Waals surface area contributed by atoms with Crippen molar-refractivity contribution in [2.45, 2.75) is 39.0 Å². The van der Waals surface area contributed by atoms with Gasteiger partial charge in [-0.25, -0.2) is 0 Å². The third kappa shape index (κ3) is 4.44. The second kappa shape index (κ2) is 7.42. The predicted octanol–water partition coefficient (Wildman–Crippen LogP) is 4.66. The first kappa shape index (κ1) is 15.8. The van der Waals surface area contributed by atoms with Gasteiger partial charge >= 0.3 is 0 Å². The average molecular weight is 281 g/mol. The lowest BCUT2D eigenvalue weighted by atomic mass is 9.90. The van der Waals surface area contributed by atoms with E-state index in [1.54, 1.807) is 0 Å². The van der Waals surface area contributed by atoms with Crippen LogP contribution in [0.25, 0.3) is 0 Å². The monoisotopic (exact) mass is 281 g/mol. The van der Waals surface area contributed by atoms with E-state index in [4.69, 9.17) is 0 Å². The highest BCUT2D eigenvalue weighted by Gasteiger charge is 2.12. The lowest BCUT2D eigenvalue weighted by molar-refractivity contribution is 0.625. The number of rotatable bonds is 6. The molecule has 0 radical (unpaired) electrons. The molecule has 0 heterocycles. The molecule has 0 aliphatic heterocycles. The van der Waals surface area contributed by atoms with Crippen LogP contribution in [0.1, 0.15) is 47.9 Å². The van der Waals surface area contributed by atoms with Crippen molar-refractivity contribution >= 4 is 0 Å². The highest BCUT2D eigenvalue weighted by molar-refractivity contribution is 5.29. The van der Waals surface area contributed by atoms with E-state index in [9.17, 15) is 0 Å². The van der Waals surface area contributed by atoms with Gasteiger partial charge in [0.1, 0.15) is 0 Å². The Balaban J connectivity index is 2.13. The van der Waals surface area contributed by atoms with Gasteiger partial charge in [-0.3, -0.25) is 0 Å². The zero-order valence-corrected chi connectivity index (χ0v) is 13.7. The molecule has 0 amide bonds. The van der Waals surface area contributed by atoms with Crippen molar-refractivity contribution in [3.63, 3.8) is 0 Å². The van der Waals surface area contributed by atoms with Crippen molar-refractivity contribution < 1.29 is 0 Å². The maximum Gasteiger partial charge on any atom is 0.00203 e. The summed E-state index contributed by atoms with van der Waals surface area (Å²) in [4.78, 5) is 0. The van der Waals surface area contributed by atoms with Gasteiger partial charge in [0.25, 0.3) is 0 Å². The van der Waals surface area contributed by atoms with Gasteiger partial charge in [0.2, 0.25) is 0 Å². The Bertz CT molecular complexity index is 537. The summed E-state index contributed by atoms with van der Waals surface area (Å²) in [5, 5.41) is 3.33. The smallest absolute Gasteiger partial charge is 0.00203 e. The summed E-state index contributed by atoms with van der Waals surface area (Å²) in [6, 6.07) is 18.1. The molecule has 0 bridgehead atoms. The molecule has 21 heavy (non-hydrogen) atoms. The molecule has 0 aromatic heterocycles. The van der Waals surface area contributed by atoms with Crippen LogP contribution in [0, 0.1) is 6.92 Å². The van der Waals surface area contributed by atoms with E-state index in [2.05, 4.69) is 74.6 Å². The van der Waals surface area contributed by atoms with Crippen LogP contribution in [0.15, 0.2) is 48.5 Å². The van der Waals surface area contributed by atoms with Crippen molar-refractivity contribution in [3.05, 3.63) is 70.8 Å². The summed E-state index contributed by atoms with van der Waals surface area (Å²) in [6.07, 6.45) is 1.09. The van der Waals surface area contributed by atoms with Gasteiger partial charge in [-0.05, 0) is 43.0 Å². The third-order valence-electron chi connectivity index (χ3n) is 4.13. The van der Waals surface area contributed by atoms with E-state index < -0.39 is 0 Å². The molecule has 1 atom stereocenters. The van der Waals surface area contributed by atoms with Crippen molar-refractivity contribution in [1.29, 1.82) is 0 Å². The first-order chi connectivity index (χ1) is 10.1. The zero-order valence-electron chi connectivity index (χ0n) is 13.7. The number of likely N-dealkylation sites (N-methyl/N-ethyl adjacent to an activating group) is 1. The van der Waals surface area contributed by atoms with E-state index in [0.717, 1.165) is 13.0 Å². The molecule has 2 aromatic rings. The minimum Gasteiger partial charge on any atom is -0.319 e. The van der Waals surface area contributed by atoms with Gasteiger partial charge in [-0.2, -0.15) is 0 Å². The quantitative estimate of drug-likeness (QED) is 0.811. The van der Waals surface area contributed by atoms with Crippen molar-refractivity contribution in [1.82, 2.24) is 5.32 Å². The van der Waals surface area contributed by atoms with Gasteiger partial charge in [0.05, 0.1) is 0 Å². The Morgan fingerprint density at radius 1 is 0.857 bits per heavy atom. The van der Waals surface area contributed by atoms with Crippen LogP contribution in [0.5, 0.6) is 0 Å². The molecule has 1 nitrogen and oxygen atoms in total. The molecule has 0 saturated heterocycles. The summed E-state index contributed by atoms with van der Waals surface area (Å²) < 4.78 is 0. The summed E-state index contributed by atoms with van der Waals surface area (Å²) in [6.45, 7) is 7.63. The third-order valence-corrected chi connectivity index (χ3v) is 4.13. The minimum atomic E-state index is 0.528. The van der Waals surface area contributed by atoms with Gasteiger partial charge < -0.3 is 5.32 Å². The van der Waals surface area contributed by atoms with E-state index >= 15 is 0 Å². The first-order valence-electron chi connectivity index (χ1n) is 7.90. The van der Waals surface area contributed by atoms with Crippen LogP contribution in [-0.4, -0.2) is 13.6 Å². The Hall–Kier alpha value is -1.60. The van der Waals surface area contributed by atoms with Crippen LogP contribution in [-0.2, 0) is 6.42 Å². The van der Waals surface area contributed by atoms with Crippen LogP contribution < -0.4 is 5.32 Å². The molecule has 1 unspecified atom stereocenters. The predicted molar refractivity (Wildman–Crippen MR) is 92.1 cm³/mol. The SMILES string of the molecule is CNCC(Cc1ccc(C(C)C)cc1)c1ccc(C)cc1. The molecule has 0 fully saturated rings. The highest BCUT2D eigenvalue weighted by atomic mass is 14.8. The average Bonchev–Trinajstić information content (AvgIpc) is 2.48. The highest BCUT2D eigenvalue weighted by Crippen LogP contribution is 2.22. The van der Waals surface area contributed by atoms with E-state index in [1.807, 2.05) is 7.05 Å². The topological polar surface area (TPSA) is 12.0 Å². The molecule has 0 spiro atoms. The largest absolute Gasteiger partial charge is 0.319 e. The maximum absolute atomic E-state index is 3.33. The fourth-order valence-electron chi connectivity index (χ4n) is 2.72. The number of benzene rings is 2. The molecule has 0 saturated carbocycles.